The Bertz CT molecular complexity index is 1030. The third-order valence-electron chi connectivity index (χ3n) is 5.33. The molecule has 2 aromatic carbocycles. The standard InChI is InChI=1S/C21H23N7O2/c22-20(29)16-8-10-27(11-9-16)13-15-4-3-5-17(12-15)24-21(30)18-6-1-2-7-19(18)28-14-23-25-26-28/h1-7,12,14,16H,8-11,13H2,(H2,22,29)(H,24,30). The van der Waals surface area contributed by atoms with Crippen LogP contribution >= 0.6 is 0 Å². The van der Waals surface area contributed by atoms with Gasteiger partial charge in [0.05, 0.1) is 11.3 Å². The molecule has 1 aliphatic rings. The molecule has 2 amide bonds. The summed E-state index contributed by atoms with van der Waals surface area (Å²) in [5.41, 5.74) is 8.31. The van der Waals surface area contributed by atoms with Gasteiger partial charge in [-0.15, -0.1) is 5.10 Å². The van der Waals surface area contributed by atoms with Crippen molar-refractivity contribution >= 4 is 17.5 Å². The molecule has 0 atom stereocenters. The van der Waals surface area contributed by atoms with Crippen LogP contribution in [0.5, 0.6) is 0 Å². The number of primary amides is 1. The normalized spacial score (nSPS) is 15.1. The highest BCUT2D eigenvalue weighted by Gasteiger charge is 2.23. The number of nitrogens with one attached hydrogen (secondary N) is 1. The number of aromatic nitrogens is 4. The Hall–Kier alpha value is -3.59. The number of hydrogen-bond acceptors (Lipinski definition) is 6. The molecule has 0 bridgehead atoms. The van der Waals surface area contributed by atoms with Crippen molar-refractivity contribution in [3.63, 3.8) is 0 Å². The highest BCUT2D eigenvalue weighted by Crippen LogP contribution is 2.21. The van der Waals surface area contributed by atoms with E-state index >= 15 is 0 Å². The fourth-order valence-electron chi connectivity index (χ4n) is 3.72. The minimum absolute atomic E-state index is 0.0212. The van der Waals surface area contributed by atoms with Gasteiger partial charge in [0, 0.05) is 18.2 Å². The number of benzene rings is 2. The van der Waals surface area contributed by atoms with Crippen LogP contribution in [0.25, 0.3) is 5.69 Å². The summed E-state index contributed by atoms with van der Waals surface area (Å²) in [6.07, 6.45) is 3.04. The van der Waals surface area contributed by atoms with Crippen molar-refractivity contribution in [3.05, 3.63) is 66.0 Å². The van der Waals surface area contributed by atoms with Gasteiger partial charge in [-0.05, 0) is 66.2 Å². The van der Waals surface area contributed by atoms with E-state index in [1.807, 2.05) is 30.3 Å². The zero-order valence-electron chi connectivity index (χ0n) is 16.4. The van der Waals surface area contributed by atoms with Crippen LogP contribution in [0.3, 0.4) is 0 Å². The van der Waals surface area contributed by atoms with E-state index < -0.39 is 0 Å². The van der Waals surface area contributed by atoms with Crippen LogP contribution in [0.2, 0.25) is 0 Å². The molecule has 1 aromatic heterocycles. The van der Waals surface area contributed by atoms with Crippen molar-refractivity contribution in [1.29, 1.82) is 0 Å². The summed E-state index contributed by atoms with van der Waals surface area (Å²) >= 11 is 0. The third-order valence-corrected chi connectivity index (χ3v) is 5.33. The molecule has 0 aliphatic carbocycles. The van der Waals surface area contributed by atoms with Gasteiger partial charge in [-0.1, -0.05) is 24.3 Å². The molecule has 1 fully saturated rings. The number of rotatable bonds is 6. The van der Waals surface area contributed by atoms with E-state index in [4.69, 9.17) is 5.73 Å². The number of carbonyl (C=O) groups excluding carboxylic acids is 2. The maximum Gasteiger partial charge on any atom is 0.257 e. The number of likely N-dealkylation sites (tertiary alicyclic amines) is 1. The molecule has 9 nitrogen and oxygen atoms in total. The van der Waals surface area contributed by atoms with E-state index in [0.29, 0.717) is 11.3 Å². The molecule has 3 aromatic rings. The zero-order valence-corrected chi connectivity index (χ0v) is 16.4. The number of carbonyl (C=O) groups is 2. The molecule has 0 spiro atoms. The fourth-order valence-corrected chi connectivity index (χ4v) is 3.72. The molecule has 4 rings (SSSR count). The second-order valence-corrected chi connectivity index (χ2v) is 7.38. The lowest BCUT2D eigenvalue weighted by Crippen LogP contribution is -2.38. The van der Waals surface area contributed by atoms with Crippen molar-refractivity contribution in [1.82, 2.24) is 25.1 Å². The van der Waals surface area contributed by atoms with Crippen molar-refractivity contribution in [2.24, 2.45) is 11.7 Å². The largest absolute Gasteiger partial charge is 0.369 e. The monoisotopic (exact) mass is 405 g/mol. The Kier molecular flexibility index (Phi) is 5.80. The summed E-state index contributed by atoms with van der Waals surface area (Å²) in [5, 5.41) is 14.1. The topological polar surface area (TPSA) is 119 Å². The average molecular weight is 405 g/mol. The molecule has 9 heteroatoms. The number of anilines is 1. The summed E-state index contributed by atoms with van der Waals surface area (Å²) in [4.78, 5) is 26.5. The number of piperidine rings is 1. The summed E-state index contributed by atoms with van der Waals surface area (Å²) < 4.78 is 1.46. The molecule has 0 saturated carbocycles. The SMILES string of the molecule is NC(=O)C1CCN(Cc2cccc(NC(=O)c3ccccc3-n3cnnn3)c2)CC1. The maximum atomic E-state index is 12.9. The molecule has 1 saturated heterocycles. The summed E-state index contributed by atoms with van der Waals surface area (Å²) in [6, 6.07) is 14.9. The van der Waals surface area contributed by atoms with Crippen molar-refractivity contribution in [2.75, 3.05) is 18.4 Å². The zero-order chi connectivity index (χ0) is 20.9. The number of tetrazole rings is 1. The van der Waals surface area contributed by atoms with E-state index in [2.05, 4.69) is 25.7 Å². The molecule has 0 radical (unpaired) electrons. The minimum Gasteiger partial charge on any atom is -0.369 e. The second-order valence-electron chi connectivity index (χ2n) is 7.38. The summed E-state index contributed by atoms with van der Waals surface area (Å²) in [7, 11) is 0. The number of para-hydroxylation sites is 1. The Labute approximate surface area is 173 Å². The van der Waals surface area contributed by atoms with E-state index in [9.17, 15) is 9.59 Å². The lowest BCUT2D eigenvalue weighted by atomic mass is 9.96. The predicted octanol–water partition coefficient (Wildman–Crippen LogP) is 1.61. The lowest BCUT2D eigenvalue weighted by molar-refractivity contribution is -0.123. The van der Waals surface area contributed by atoms with Gasteiger partial charge < -0.3 is 11.1 Å². The van der Waals surface area contributed by atoms with Crippen molar-refractivity contribution < 1.29 is 9.59 Å². The summed E-state index contributed by atoms with van der Waals surface area (Å²) in [6.45, 7) is 2.43. The van der Waals surface area contributed by atoms with Gasteiger partial charge in [0.25, 0.3) is 5.91 Å². The average Bonchev–Trinajstić information content (AvgIpc) is 3.29. The Morgan fingerprint density at radius 2 is 1.90 bits per heavy atom. The quantitative estimate of drug-likeness (QED) is 0.643. The highest BCUT2D eigenvalue weighted by molar-refractivity contribution is 6.06. The number of nitrogens with zero attached hydrogens (tertiary/aromatic N) is 5. The fraction of sp³-hybridized carbons (Fsp3) is 0.286. The first kappa shape index (κ1) is 19.7. The number of hydrogen-bond donors (Lipinski definition) is 2. The lowest BCUT2D eigenvalue weighted by Gasteiger charge is -2.30. The van der Waals surface area contributed by atoms with E-state index in [0.717, 1.165) is 43.7 Å². The van der Waals surface area contributed by atoms with Crippen LogP contribution in [0.1, 0.15) is 28.8 Å². The first-order chi connectivity index (χ1) is 14.6. The molecule has 2 heterocycles. The molecule has 0 unspecified atom stereocenters. The van der Waals surface area contributed by atoms with E-state index in [1.165, 1.54) is 11.0 Å². The molecular formula is C21H23N7O2. The molecule has 1 aliphatic heterocycles. The molecule has 154 valence electrons. The Balaban J connectivity index is 1.43. The first-order valence-electron chi connectivity index (χ1n) is 9.84. The van der Waals surface area contributed by atoms with E-state index in [-0.39, 0.29) is 17.7 Å². The second kappa shape index (κ2) is 8.83. The van der Waals surface area contributed by atoms with Crippen LogP contribution in [0, 0.1) is 5.92 Å². The van der Waals surface area contributed by atoms with Gasteiger partial charge in [0.1, 0.15) is 6.33 Å². The minimum atomic E-state index is -0.236. The highest BCUT2D eigenvalue weighted by atomic mass is 16.2. The van der Waals surface area contributed by atoms with Gasteiger partial charge in [0.15, 0.2) is 0 Å². The van der Waals surface area contributed by atoms with Gasteiger partial charge in [0.2, 0.25) is 5.91 Å². The van der Waals surface area contributed by atoms with Crippen LogP contribution in [0.15, 0.2) is 54.9 Å². The molecule has 3 N–H and O–H groups in total. The van der Waals surface area contributed by atoms with Crippen molar-refractivity contribution in [3.8, 4) is 5.69 Å². The summed E-state index contributed by atoms with van der Waals surface area (Å²) in [5.74, 6) is -0.464. The van der Waals surface area contributed by atoms with Crippen molar-refractivity contribution in [2.45, 2.75) is 19.4 Å². The Morgan fingerprint density at radius 3 is 2.63 bits per heavy atom. The van der Waals surface area contributed by atoms with Gasteiger partial charge in [-0.3, -0.25) is 14.5 Å². The molecule has 30 heavy (non-hydrogen) atoms. The van der Waals surface area contributed by atoms with Crippen LogP contribution < -0.4 is 11.1 Å². The third kappa shape index (κ3) is 4.52. The first-order valence-corrected chi connectivity index (χ1v) is 9.84. The van der Waals surface area contributed by atoms with Crippen LogP contribution in [-0.2, 0) is 11.3 Å². The molecular weight excluding hydrogens is 382 g/mol. The predicted molar refractivity (Wildman–Crippen MR) is 111 cm³/mol. The van der Waals surface area contributed by atoms with Gasteiger partial charge >= 0.3 is 0 Å². The van der Waals surface area contributed by atoms with E-state index in [1.54, 1.807) is 18.2 Å². The van der Waals surface area contributed by atoms with Gasteiger partial charge in [-0.2, -0.15) is 4.68 Å². The smallest absolute Gasteiger partial charge is 0.257 e. The van der Waals surface area contributed by atoms with Crippen LogP contribution in [0.4, 0.5) is 5.69 Å². The number of nitrogens with two attached hydrogens (primary N) is 1. The Morgan fingerprint density at radius 1 is 1.10 bits per heavy atom. The maximum absolute atomic E-state index is 12.9. The van der Waals surface area contributed by atoms with Gasteiger partial charge in [-0.25, -0.2) is 0 Å². The number of amides is 2. The van der Waals surface area contributed by atoms with Crippen LogP contribution in [-0.4, -0.2) is 50.0 Å².